The standard InChI is InChI=1S/C13H7ClO2.C8H6O/c14-8-3-1-2-7(6-8)12(15)9-4-5-10-11(9)13(10)16;1-2-4-8-7(3-1)5-6-9-8/h1-6,16H;1-6H. The van der Waals surface area contributed by atoms with Gasteiger partial charge < -0.3 is 9.52 Å². The normalized spacial score (nSPS) is 10.9. The molecule has 0 bridgehead atoms. The van der Waals surface area contributed by atoms with Crippen LogP contribution in [0.15, 0.2) is 77.4 Å². The lowest BCUT2D eigenvalue weighted by molar-refractivity contribution is 0.103. The predicted octanol–water partition coefficient (Wildman–Crippen LogP) is 5.69. The Labute approximate surface area is 149 Å². The zero-order valence-corrected chi connectivity index (χ0v) is 13.8. The molecule has 122 valence electrons. The molecule has 0 radical (unpaired) electrons. The maximum Gasteiger partial charge on any atom is 0.193 e. The maximum absolute atomic E-state index is 12.1. The average molecular weight is 349 g/mol. The van der Waals surface area contributed by atoms with Crippen LogP contribution in [0, 0.1) is 0 Å². The van der Waals surface area contributed by atoms with Gasteiger partial charge in [-0.25, -0.2) is 0 Å². The van der Waals surface area contributed by atoms with Gasteiger partial charge in [-0.2, -0.15) is 0 Å². The van der Waals surface area contributed by atoms with Gasteiger partial charge in [-0.05, 0) is 36.4 Å². The number of carbonyl (C=O) groups is 1. The summed E-state index contributed by atoms with van der Waals surface area (Å²) in [6.45, 7) is 0. The minimum Gasteiger partial charge on any atom is -0.507 e. The Hall–Kier alpha value is -3.04. The molecule has 2 aliphatic rings. The minimum absolute atomic E-state index is 0.104. The summed E-state index contributed by atoms with van der Waals surface area (Å²) in [7, 11) is 0. The molecule has 25 heavy (non-hydrogen) atoms. The number of para-hydroxylation sites is 1. The molecular weight excluding hydrogens is 336 g/mol. The predicted molar refractivity (Wildman–Crippen MR) is 98.2 cm³/mol. The molecule has 0 saturated carbocycles. The third-order valence-electron chi connectivity index (χ3n) is 4.08. The monoisotopic (exact) mass is 348 g/mol. The number of rotatable bonds is 2. The molecule has 0 saturated heterocycles. The first-order chi connectivity index (χ1) is 12.1. The van der Waals surface area contributed by atoms with E-state index in [-0.39, 0.29) is 11.5 Å². The second-order valence-electron chi connectivity index (χ2n) is 5.68. The largest absolute Gasteiger partial charge is 0.507 e. The van der Waals surface area contributed by atoms with E-state index in [4.69, 9.17) is 16.0 Å². The van der Waals surface area contributed by atoms with Crippen molar-refractivity contribution in [3.05, 3.63) is 89.1 Å². The lowest BCUT2D eigenvalue weighted by Gasteiger charge is -1.99. The molecule has 3 nitrogen and oxygen atoms in total. The number of ketones is 1. The molecular formula is C21H13ClO3. The van der Waals surface area contributed by atoms with Crippen LogP contribution in [0.3, 0.4) is 0 Å². The topological polar surface area (TPSA) is 50.4 Å². The summed E-state index contributed by atoms with van der Waals surface area (Å²) in [5.41, 5.74) is 3.52. The first-order valence-corrected chi connectivity index (χ1v) is 8.12. The average Bonchev–Trinajstić information content (AvgIpc) is 3.04. The highest BCUT2D eigenvalue weighted by Crippen LogP contribution is 2.53. The Kier molecular flexibility index (Phi) is 3.79. The van der Waals surface area contributed by atoms with Crippen molar-refractivity contribution < 1.29 is 14.3 Å². The highest BCUT2D eigenvalue weighted by Gasteiger charge is 2.31. The summed E-state index contributed by atoms with van der Waals surface area (Å²) >= 11 is 5.82. The number of hydrogen-bond donors (Lipinski definition) is 1. The Morgan fingerprint density at radius 2 is 1.80 bits per heavy atom. The van der Waals surface area contributed by atoms with Crippen LogP contribution in [0.4, 0.5) is 0 Å². The van der Waals surface area contributed by atoms with Crippen LogP contribution < -0.4 is 0 Å². The van der Waals surface area contributed by atoms with E-state index >= 15 is 0 Å². The highest BCUT2D eigenvalue weighted by atomic mass is 35.5. The fraction of sp³-hybridized carbons (Fsp3) is 0. The third kappa shape index (κ3) is 2.90. The summed E-state index contributed by atoms with van der Waals surface area (Å²) in [5.74, 6) is 0.140. The van der Waals surface area contributed by atoms with E-state index in [1.54, 1.807) is 42.7 Å². The molecule has 1 aromatic heterocycles. The van der Waals surface area contributed by atoms with Gasteiger partial charge >= 0.3 is 0 Å². The van der Waals surface area contributed by atoms with E-state index in [0.717, 1.165) is 16.5 Å². The lowest BCUT2D eigenvalue weighted by atomic mass is 10.1. The molecule has 0 spiro atoms. The zero-order valence-electron chi connectivity index (χ0n) is 13.1. The molecule has 1 heterocycles. The smallest absolute Gasteiger partial charge is 0.193 e. The number of phenolic OH excluding ortho intramolecular Hbond substituents is 1. The molecule has 5 rings (SSSR count). The summed E-state index contributed by atoms with van der Waals surface area (Å²) in [4.78, 5) is 12.1. The van der Waals surface area contributed by atoms with E-state index in [9.17, 15) is 9.90 Å². The summed E-state index contributed by atoms with van der Waals surface area (Å²) in [6, 6.07) is 20.2. The first kappa shape index (κ1) is 15.5. The molecule has 2 aromatic carbocycles. The van der Waals surface area contributed by atoms with Crippen molar-refractivity contribution in [3.8, 4) is 16.9 Å². The van der Waals surface area contributed by atoms with E-state index < -0.39 is 0 Å². The van der Waals surface area contributed by atoms with E-state index in [1.807, 2.05) is 30.3 Å². The molecule has 0 aliphatic heterocycles. The SMILES string of the molecule is O=C(c1cccc(Cl)c1)c1ccc2c(O)c1-2.c1ccc2occc2c1. The molecule has 0 amide bonds. The molecule has 1 N–H and O–H groups in total. The van der Waals surface area contributed by atoms with Gasteiger partial charge in [0.2, 0.25) is 0 Å². The van der Waals surface area contributed by atoms with Crippen LogP contribution in [0.2, 0.25) is 5.02 Å². The molecule has 0 unspecified atom stereocenters. The van der Waals surface area contributed by atoms with Gasteiger partial charge in [-0.15, -0.1) is 0 Å². The van der Waals surface area contributed by atoms with Gasteiger partial charge in [-0.1, -0.05) is 41.9 Å². The van der Waals surface area contributed by atoms with Gasteiger partial charge in [0.05, 0.1) is 6.26 Å². The Morgan fingerprint density at radius 3 is 2.52 bits per heavy atom. The van der Waals surface area contributed by atoms with Crippen LogP contribution in [-0.4, -0.2) is 10.9 Å². The van der Waals surface area contributed by atoms with Crippen molar-refractivity contribution in [2.75, 3.05) is 0 Å². The maximum atomic E-state index is 12.1. The van der Waals surface area contributed by atoms with Crippen molar-refractivity contribution in [1.29, 1.82) is 0 Å². The van der Waals surface area contributed by atoms with Crippen molar-refractivity contribution in [3.63, 3.8) is 0 Å². The second-order valence-corrected chi connectivity index (χ2v) is 6.12. The van der Waals surface area contributed by atoms with Gasteiger partial charge in [-0.3, -0.25) is 4.79 Å². The van der Waals surface area contributed by atoms with Crippen molar-refractivity contribution in [2.24, 2.45) is 0 Å². The number of hydrogen-bond acceptors (Lipinski definition) is 3. The van der Waals surface area contributed by atoms with Crippen LogP contribution in [-0.2, 0) is 0 Å². The van der Waals surface area contributed by atoms with Gasteiger partial charge in [0.25, 0.3) is 0 Å². The highest BCUT2D eigenvalue weighted by molar-refractivity contribution is 6.31. The number of phenols is 1. The quantitative estimate of drug-likeness (QED) is 0.417. The van der Waals surface area contributed by atoms with Crippen LogP contribution in [0.1, 0.15) is 15.9 Å². The van der Waals surface area contributed by atoms with Gasteiger partial charge in [0.15, 0.2) is 5.78 Å². The van der Waals surface area contributed by atoms with Crippen molar-refractivity contribution in [1.82, 2.24) is 0 Å². The van der Waals surface area contributed by atoms with Crippen molar-refractivity contribution in [2.45, 2.75) is 0 Å². The summed E-state index contributed by atoms with van der Waals surface area (Å²) in [6.07, 6.45) is 1.70. The second kappa shape index (κ2) is 6.11. The summed E-state index contributed by atoms with van der Waals surface area (Å²) < 4.78 is 5.12. The Balaban J connectivity index is 0.000000147. The van der Waals surface area contributed by atoms with E-state index in [0.29, 0.717) is 21.7 Å². The number of halogens is 1. The van der Waals surface area contributed by atoms with Gasteiger partial charge in [0, 0.05) is 32.7 Å². The van der Waals surface area contributed by atoms with E-state index in [2.05, 4.69) is 0 Å². The van der Waals surface area contributed by atoms with E-state index in [1.165, 1.54) is 0 Å². The molecule has 2 aliphatic carbocycles. The Morgan fingerprint density at radius 1 is 0.960 bits per heavy atom. The first-order valence-electron chi connectivity index (χ1n) is 7.74. The molecule has 0 atom stereocenters. The van der Waals surface area contributed by atoms with Crippen LogP contribution in [0.25, 0.3) is 22.1 Å². The molecule has 3 aromatic rings. The number of aromatic hydroxyl groups is 1. The zero-order chi connectivity index (χ0) is 17.4. The van der Waals surface area contributed by atoms with Gasteiger partial charge in [0.1, 0.15) is 11.3 Å². The third-order valence-corrected chi connectivity index (χ3v) is 4.31. The number of benzene rings is 3. The lowest BCUT2D eigenvalue weighted by Crippen LogP contribution is -1.99. The fourth-order valence-corrected chi connectivity index (χ4v) is 2.95. The minimum atomic E-state index is -0.104. The molecule has 0 fully saturated rings. The number of carbonyl (C=O) groups excluding carboxylic acids is 1. The number of furan rings is 1. The Bertz CT molecular complexity index is 1070. The van der Waals surface area contributed by atoms with Crippen LogP contribution >= 0.6 is 11.6 Å². The fourth-order valence-electron chi connectivity index (χ4n) is 2.76. The molecule has 4 heteroatoms. The van der Waals surface area contributed by atoms with Crippen molar-refractivity contribution >= 4 is 28.4 Å². The summed E-state index contributed by atoms with van der Waals surface area (Å²) in [5, 5.41) is 11.1. The van der Waals surface area contributed by atoms with Crippen LogP contribution in [0.5, 0.6) is 5.75 Å². The number of fused-ring (bicyclic) bond motifs is 2.